The largest absolute Gasteiger partial charge is 0.237 e. The van der Waals surface area contributed by atoms with E-state index in [1.54, 1.807) is 6.92 Å². The van der Waals surface area contributed by atoms with E-state index in [4.69, 9.17) is 11.6 Å². The molecular formula is C3H7BrClNO2S. The van der Waals surface area contributed by atoms with Gasteiger partial charge in [-0.05, 0) is 0 Å². The first-order valence-electron chi connectivity index (χ1n) is 2.26. The summed E-state index contributed by atoms with van der Waals surface area (Å²) in [5.74, 6) is 0. The first kappa shape index (κ1) is 9.68. The van der Waals surface area contributed by atoms with Crippen LogP contribution in [0.4, 0.5) is 0 Å². The van der Waals surface area contributed by atoms with Crippen LogP contribution in [0.1, 0.15) is 6.92 Å². The maximum atomic E-state index is 10.7. The smallest absolute Gasteiger partial charge is 0.210 e. The van der Waals surface area contributed by atoms with Crippen LogP contribution in [-0.4, -0.2) is 23.5 Å². The topological polar surface area (TPSA) is 37.4 Å². The minimum atomic E-state index is -3.23. The fraction of sp³-hybridized carbons (Fsp3) is 1.00. The summed E-state index contributed by atoms with van der Waals surface area (Å²) in [5, 5.41) is -0.383. The Morgan fingerprint density at radius 2 is 2.11 bits per heavy atom. The van der Waals surface area contributed by atoms with Gasteiger partial charge in [-0.3, -0.25) is 0 Å². The number of sulfonamides is 1. The van der Waals surface area contributed by atoms with Crippen LogP contribution >= 0.6 is 27.7 Å². The molecule has 9 heavy (non-hydrogen) atoms. The third-order valence-corrected chi connectivity index (χ3v) is 4.48. The van der Waals surface area contributed by atoms with E-state index in [2.05, 4.69) is 16.1 Å². The van der Waals surface area contributed by atoms with Crippen molar-refractivity contribution in [3.63, 3.8) is 0 Å². The van der Waals surface area contributed by atoms with E-state index in [0.717, 1.165) is 3.33 Å². The van der Waals surface area contributed by atoms with Gasteiger partial charge in [0, 0.05) is 22.7 Å². The molecule has 0 N–H and O–H groups in total. The van der Waals surface area contributed by atoms with Crippen LogP contribution in [0.15, 0.2) is 0 Å². The maximum absolute atomic E-state index is 10.7. The molecule has 0 unspecified atom stereocenters. The van der Waals surface area contributed by atoms with Gasteiger partial charge in [0.1, 0.15) is 5.21 Å². The van der Waals surface area contributed by atoms with E-state index < -0.39 is 10.0 Å². The molecular weight excluding hydrogens is 229 g/mol. The Labute approximate surface area is 68.4 Å². The standard InChI is InChI=1S/C3H7BrClNO2S/c1-2-6(4)9(7,8)3-5/h2-3H2,1H3. The van der Waals surface area contributed by atoms with Crippen molar-refractivity contribution in [3.8, 4) is 0 Å². The number of hydrogen-bond acceptors (Lipinski definition) is 2. The van der Waals surface area contributed by atoms with Crippen LogP contribution in [0.3, 0.4) is 0 Å². The van der Waals surface area contributed by atoms with E-state index in [9.17, 15) is 8.42 Å². The van der Waals surface area contributed by atoms with Crippen molar-refractivity contribution < 1.29 is 8.42 Å². The predicted octanol–water partition coefficient (Wildman–Crippen LogP) is 1.14. The Bertz CT molecular complexity index is 169. The summed E-state index contributed by atoms with van der Waals surface area (Å²) in [6.07, 6.45) is 0. The third kappa shape index (κ3) is 2.84. The summed E-state index contributed by atoms with van der Waals surface area (Å²) >= 11 is 7.93. The van der Waals surface area contributed by atoms with E-state index >= 15 is 0 Å². The highest BCUT2D eigenvalue weighted by atomic mass is 79.9. The van der Waals surface area contributed by atoms with Crippen LogP contribution in [0.25, 0.3) is 0 Å². The van der Waals surface area contributed by atoms with Crippen molar-refractivity contribution >= 4 is 37.8 Å². The van der Waals surface area contributed by atoms with Crippen molar-refractivity contribution in [3.05, 3.63) is 0 Å². The molecule has 0 aromatic rings. The van der Waals surface area contributed by atoms with Crippen LogP contribution in [0.2, 0.25) is 0 Å². The molecule has 0 aliphatic carbocycles. The molecule has 0 fully saturated rings. The summed E-state index contributed by atoms with van der Waals surface area (Å²) in [6, 6.07) is 0. The first-order chi connectivity index (χ1) is 4.04. The lowest BCUT2D eigenvalue weighted by Crippen LogP contribution is -2.21. The summed E-state index contributed by atoms with van der Waals surface area (Å²) < 4.78 is 22.4. The van der Waals surface area contributed by atoms with Crippen LogP contribution in [0, 0.1) is 0 Å². The molecule has 3 nitrogen and oxygen atoms in total. The predicted molar refractivity (Wildman–Crippen MR) is 40.9 cm³/mol. The molecule has 0 saturated heterocycles. The molecule has 56 valence electrons. The minimum absolute atomic E-state index is 0.383. The molecule has 0 spiro atoms. The van der Waals surface area contributed by atoms with Gasteiger partial charge in [-0.2, -0.15) is 0 Å². The fourth-order valence-electron chi connectivity index (χ4n) is 0.250. The van der Waals surface area contributed by atoms with Crippen molar-refractivity contribution in [2.75, 3.05) is 11.8 Å². The Hall–Kier alpha value is 0.680. The van der Waals surface area contributed by atoms with E-state index in [1.165, 1.54) is 0 Å². The van der Waals surface area contributed by atoms with E-state index in [0.29, 0.717) is 6.54 Å². The average molecular weight is 237 g/mol. The molecule has 0 aliphatic rings. The molecule has 0 aromatic heterocycles. The molecule has 6 heteroatoms. The van der Waals surface area contributed by atoms with E-state index in [1.807, 2.05) is 0 Å². The lowest BCUT2D eigenvalue weighted by molar-refractivity contribution is 0.559. The van der Waals surface area contributed by atoms with Gasteiger partial charge in [-0.25, -0.2) is 8.42 Å². The van der Waals surface area contributed by atoms with Gasteiger partial charge in [-0.1, -0.05) is 6.92 Å². The number of nitrogens with zero attached hydrogens (tertiary/aromatic N) is 1. The molecule has 0 radical (unpaired) electrons. The van der Waals surface area contributed by atoms with Crippen LogP contribution < -0.4 is 0 Å². The van der Waals surface area contributed by atoms with Crippen LogP contribution in [-0.2, 0) is 10.0 Å². The molecule has 0 amide bonds. The molecule has 0 bridgehead atoms. The zero-order valence-electron chi connectivity index (χ0n) is 4.84. The lowest BCUT2D eigenvalue weighted by atomic mass is 10.8. The Morgan fingerprint density at radius 3 is 2.22 bits per heavy atom. The van der Waals surface area contributed by atoms with Gasteiger partial charge < -0.3 is 0 Å². The van der Waals surface area contributed by atoms with E-state index in [-0.39, 0.29) is 5.21 Å². The molecule has 0 saturated carbocycles. The second-order valence-corrected chi connectivity index (χ2v) is 5.13. The van der Waals surface area contributed by atoms with Crippen molar-refractivity contribution in [1.82, 2.24) is 3.33 Å². The normalized spacial score (nSPS) is 12.4. The van der Waals surface area contributed by atoms with Crippen molar-refractivity contribution in [2.45, 2.75) is 6.92 Å². The molecule has 0 aliphatic heterocycles. The number of halogens is 2. The Balaban J connectivity index is 4.17. The summed E-state index contributed by atoms with van der Waals surface area (Å²) in [7, 11) is -3.23. The minimum Gasteiger partial charge on any atom is -0.210 e. The van der Waals surface area contributed by atoms with Gasteiger partial charge in [0.25, 0.3) is 0 Å². The molecule has 0 aromatic carbocycles. The van der Waals surface area contributed by atoms with Gasteiger partial charge >= 0.3 is 0 Å². The number of hydrogen-bond donors (Lipinski definition) is 0. The highest BCUT2D eigenvalue weighted by Crippen LogP contribution is 2.07. The summed E-state index contributed by atoms with van der Waals surface area (Å²) in [4.78, 5) is 0. The monoisotopic (exact) mass is 235 g/mol. The maximum Gasteiger partial charge on any atom is 0.237 e. The van der Waals surface area contributed by atoms with Crippen molar-refractivity contribution in [1.29, 1.82) is 0 Å². The molecule has 0 atom stereocenters. The second-order valence-electron chi connectivity index (χ2n) is 1.32. The number of alkyl halides is 1. The van der Waals surface area contributed by atoms with Crippen molar-refractivity contribution in [2.24, 2.45) is 0 Å². The van der Waals surface area contributed by atoms with Gasteiger partial charge in [0.2, 0.25) is 10.0 Å². The summed E-state index contributed by atoms with van der Waals surface area (Å²) in [6.45, 7) is 2.09. The van der Waals surface area contributed by atoms with Crippen LogP contribution in [0.5, 0.6) is 0 Å². The second kappa shape index (κ2) is 3.75. The molecule has 0 heterocycles. The SMILES string of the molecule is CCN(Br)S(=O)(=O)CCl. The Kier molecular flexibility index (Phi) is 4.04. The van der Waals surface area contributed by atoms with Gasteiger partial charge in [0.15, 0.2) is 0 Å². The number of rotatable bonds is 3. The van der Waals surface area contributed by atoms with Gasteiger partial charge in [0.05, 0.1) is 0 Å². The summed E-state index contributed by atoms with van der Waals surface area (Å²) in [5.41, 5.74) is 0. The average Bonchev–Trinajstić information content (AvgIpc) is 1.86. The molecule has 0 rings (SSSR count). The highest BCUT2D eigenvalue weighted by Gasteiger charge is 2.14. The zero-order valence-corrected chi connectivity index (χ0v) is 8.00. The first-order valence-corrected chi connectivity index (χ1v) is 5.12. The zero-order chi connectivity index (χ0) is 7.49. The highest BCUT2D eigenvalue weighted by molar-refractivity contribution is 9.08. The van der Waals surface area contributed by atoms with Gasteiger partial charge in [-0.15, -0.1) is 14.9 Å². The Morgan fingerprint density at radius 1 is 1.67 bits per heavy atom. The third-order valence-electron chi connectivity index (χ3n) is 0.688. The quantitative estimate of drug-likeness (QED) is 0.544. The fourth-order valence-corrected chi connectivity index (χ4v) is 1.76. The lowest BCUT2D eigenvalue weighted by Gasteiger charge is -2.07.